The van der Waals surface area contributed by atoms with Crippen molar-refractivity contribution in [3.05, 3.63) is 95.1 Å². The van der Waals surface area contributed by atoms with Gasteiger partial charge in [-0.2, -0.15) is 0 Å². The Balaban J connectivity index is 1.43. The normalized spacial score (nSPS) is 23.9. The fourth-order valence-corrected chi connectivity index (χ4v) is 4.97. The molecule has 1 unspecified atom stereocenters. The summed E-state index contributed by atoms with van der Waals surface area (Å²) in [5.41, 5.74) is 4.17. The third-order valence-electron chi connectivity index (χ3n) is 8.06. The van der Waals surface area contributed by atoms with Crippen molar-refractivity contribution in [2.24, 2.45) is 23.7 Å². The monoisotopic (exact) mass is 482 g/mol. The van der Waals surface area contributed by atoms with E-state index in [1.807, 2.05) is 48.5 Å². The van der Waals surface area contributed by atoms with Gasteiger partial charge in [-0.3, -0.25) is 9.59 Å². The van der Waals surface area contributed by atoms with Crippen LogP contribution in [0.5, 0.6) is 11.5 Å². The highest BCUT2D eigenvalue weighted by Crippen LogP contribution is 2.42. The van der Waals surface area contributed by atoms with E-state index in [1.54, 1.807) is 0 Å². The van der Waals surface area contributed by atoms with E-state index in [0.717, 1.165) is 36.0 Å². The van der Waals surface area contributed by atoms with Crippen LogP contribution < -0.4 is 9.47 Å². The molecule has 3 aromatic rings. The molecule has 0 heterocycles. The van der Waals surface area contributed by atoms with Crippen molar-refractivity contribution in [3.8, 4) is 11.5 Å². The van der Waals surface area contributed by atoms with Gasteiger partial charge in [0.1, 0.15) is 11.5 Å². The van der Waals surface area contributed by atoms with E-state index < -0.39 is 5.41 Å². The van der Waals surface area contributed by atoms with Crippen molar-refractivity contribution in [1.82, 2.24) is 0 Å². The van der Waals surface area contributed by atoms with Gasteiger partial charge in [0.25, 0.3) is 0 Å². The summed E-state index contributed by atoms with van der Waals surface area (Å²) in [4.78, 5) is 24.6. The SMILES string of the molecule is CCc1ccc(C(C)(c2ccc(OC(=O)[C@H]3C[C@H]3C)cc2)c2ccc(OC(=O)[C@@H]3C[C@@H]3C)cc2)cc1. The molecule has 0 saturated heterocycles. The Kier molecular flexibility index (Phi) is 6.46. The molecule has 0 aliphatic heterocycles. The highest BCUT2D eigenvalue weighted by atomic mass is 16.5. The molecule has 4 nitrogen and oxygen atoms in total. The Morgan fingerprint density at radius 2 is 1.03 bits per heavy atom. The van der Waals surface area contributed by atoms with E-state index in [2.05, 4.69) is 52.0 Å². The Bertz CT molecular complexity index is 1170. The number of carbonyl (C=O) groups excluding carboxylic acids is 2. The minimum Gasteiger partial charge on any atom is -0.426 e. The van der Waals surface area contributed by atoms with Crippen LogP contribution in [0, 0.1) is 23.7 Å². The maximum absolute atomic E-state index is 12.3. The molecule has 4 heteroatoms. The van der Waals surface area contributed by atoms with Crippen molar-refractivity contribution in [2.75, 3.05) is 0 Å². The Hall–Kier alpha value is -3.40. The van der Waals surface area contributed by atoms with E-state index in [0.29, 0.717) is 23.3 Å². The maximum Gasteiger partial charge on any atom is 0.314 e. The lowest BCUT2D eigenvalue weighted by Crippen LogP contribution is -2.25. The number of ether oxygens (including phenoxy) is 2. The predicted octanol–water partition coefficient (Wildman–Crippen LogP) is 6.73. The summed E-state index contributed by atoms with van der Waals surface area (Å²) in [7, 11) is 0. The molecule has 0 N–H and O–H groups in total. The van der Waals surface area contributed by atoms with Gasteiger partial charge in [0.2, 0.25) is 0 Å². The topological polar surface area (TPSA) is 52.6 Å². The van der Waals surface area contributed by atoms with E-state index in [9.17, 15) is 9.59 Å². The molecule has 0 amide bonds. The highest BCUT2D eigenvalue weighted by Gasteiger charge is 2.41. The molecule has 186 valence electrons. The Morgan fingerprint density at radius 1 is 0.694 bits per heavy atom. The summed E-state index contributed by atoms with van der Waals surface area (Å²) in [5, 5.41) is 0. The van der Waals surface area contributed by atoms with E-state index in [-0.39, 0.29) is 23.8 Å². The molecule has 2 fully saturated rings. The highest BCUT2D eigenvalue weighted by molar-refractivity contribution is 5.78. The zero-order valence-corrected chi connectivity index (χ0v) is 21.5. The van der Waals surface area contributed by atoms with Gasteiger partial charge in [-0.1, -0.05) is 69.3 Å². The molecule has 0 bridgehead atoms. The van der Waals surface area contributed by atoms with Crippen LogP contribution in [0.3, 0.4) is 0 Å². The lowest BCUT2D eigenvalue weighted by molar-refractivity contribution is -0.137. The van der Waals surface area contributed by atoms with Crippen LogP contribution in [0.15, 0.2) is 72.8 Å². The smallest absolute Gasteiger partial charge is 0.314 e. The molecule has 5 rings (SSSR count). The van der Waals surface area contributed by atoms with Crippen molar-refractivity contribution in [2.45, 2.75) is 52.4 Å². The van der Waals surface area contributed by atoms with Gasteiger partial charge in [-0.25, -0.2) is 0 Å². The van der Waals surface area contributed by atoms with E-state index in [4.69, 9.17) is 9.47 Å². The summed E-state index contributed by atoms with van der Waals surface area (Å²) in [6.07, 6.45) is 2.80. The van der Waals surface area contributed by atoms with Crippen molar-refractivity contribution < 1.29 is 19.1 Å². The Morgan fingerprint density at radius 3 is 1.33 bits per heavy atom. The number of rotatable bonds is 8. The second kappa shape index (κ2) is 9.57. The average molecular weight is 483 g/mol. The van der Waals surface area contributed by atoms with Crippen molar-refractivity contribution >= 4 is 11.9 Å². The number of hydrogen-bond acceptors (Lipinski definition) is 4. The van der Waals surface area contributed by atoms with Gasteiger partial charge in [-0.05, 0) is 84.5 Å². The van der Waals surface area contributed by atoms with Crippen LogP contribution >= 0.6 is 0 Å². The predicted molar refractivity (Wildman–Crippen MR) is 140 cm³/mol. The lowest BCUT2D eigenvalue weighted by Gasteiger charge is -2.32. The number of hydrogen-bond donors (Lipinski definition) is 0. The first-order chi connectivity index (χ1) is 17.3. The van der Waals surface area contributed by atoms with Gasteiger partial charge in [0, 0.05) is 5.41 Å². The summed E-state index contributed by atoms with van der Waals surface area (Å²) in [6, 6.07) is 24.4. The quantitative estimate of drug-likeness (QED) is 0.203. The van der Waals surface area contributed by atoms with Crippen LogP contribution in [-0.4, -0.2) is 11.9 Å². The number of esters is 2. The Labute approximate surface area is 213 Å². The number of carbonyl (C=O) groups is 2. The van der Waals surface area contributed by atoms with Crippen molar-refractivity contribution in [3.63, 3.8) is 0 Å². The molecule has 3 aromatic carbocycles. The summed E-state index contributed by atoms with van der Waals surface area (Å²) in [6.45, 7) is 8.50. The van der Waals surface area contributed by atoms with Gasteiger partial charge in [-0.15, -0.1) is 0 Å². The van der Waals surface area contributed by atoms with Crippen LogP contribution in [0.2, 0.25) is 0 Å². The van der Waals surface area contributed by atoms with Crippen LogP contribution in [0.4, 0.5) is 0 Å². The molecular formula is C32H34O4. The van der Waals surface area contributed by atoms with Gasteiger partial charge in [0.05, 0.1) is 11.8 Å². The maximum atomic E-state index is 12.3. The van der Waals surface area contributed by atoms with Crippen LogP contribution in [0.25, 0.3) is 0 Å². The molecule has 36 heavy (non-hydrogen) atoms. The number of aryl methyl sites for hydroxylation is 1. The van der Waals surface area contributed by atoms with Gasteiger partial charge >= 0.3 is 11.9 Å². The molecule has 5 atom stereocenters. The average Bonchev–Trinajstić information content (AvgIpc) is 3.81. The fourth-order valence-electron chi connectivity index (χ4n) is 4.97. The minimum atomic E-state index is -0.451. The molecule has 0 aromatic heterocycles. The van der Waals surface area contributed by atoms with Gasteiger partial charge in [0.15, 0.2) is 0 Å². The van der Waals surface area contributed by atoms with E-state index in [1.165, 1.54) is 5.56 Å². The first-order valence-corrected chi connectivity index (χ1v) is 13.0. The molecule has 0 radical (unpaired) electrons. The zero-order valence-electron chi connectivity index (χ0n) is 21.5. The number of benzene rings is 3. The first-order valence-electron chi connectivity index (χ1n) is 13.0. The van der Waals surface area contributed by atoms with Crippen molar-refractivity contribution in [1.29, 1.82) is 0 Å². The first kappa shape index (κ1) is 24.3. The second-order valence-corrected chi connectivity index (χ2v) is 10.7. The molecular weight excluding hydrogens is 448 g/mol. The van der Waals surface area contributed by atoms with Crippen LogP contribution in [0.1, 0.15) is 62.8 Å². The molecule has 0 spiro atoms. The second-order valence-electron chi connectivity index (χ2n) is 10.7. The van der Waals surface area contributed by atoms with Crippen LogP contribution in [-0.2, 0) is 21.4 Å². The molecule has 2 aliphatic rings. The summed E-state index contributed by atoms with van der Waals surface area (Å²) in [5.74, 6) is 1.76. The van der Waals surface area contributed by atoms with E-state index >= 15 is 0 Å². The molecule has 2 aliphatic carbocycles. The molecule has 2 saturated carbocycles. The standard InChI is InChI=1S/C32H34O4/c1-5-22-6-8-23(9-7-22)32(4,24-10-14-26(15-11-24)35-30(33)28-18-20(28)2)25-12-16-27(17-13-25)36-31(34)29-19-21(29)3/h6-17,20-21,28-29H,5,18-19H2,1-4H3/t20-,21+,28+,29-,32?. The minimum absolute atomic E-state index is 0.0303. The zero-order chi connectivity index (χ0) is 25.4. The largest absolute Gasteiger partial charge is 0.426 e. The summed E-state index contributed by atoms with van der Waals surface area (Å²) < 4.78 is 11.2. The third kappa shape index (κ3) is 4.82. The fraction of sp³-hybridized carbons (Fsp3) is 0.375. The lowest BCUT2D eigenvalue weighted by atomic mass is 9.71. The third-order valence-corrected chi connectivity index (χ3v) is 8.06. The summed E-state index contributed by atoms with van der Waals surface area (Å²) >= 11 is 0. The van der Waals surface area contributed by atoms with Gasteiger partial charge < -0.3 is 9.47 Å².